The van der Waals surface area contributed by atoms with Gasteiger partial charge in [-0.3, -0.25) is 0 Å². The van der Waals surface area contributed by atoms with Gasteiger partial charge < -0.3 is 15.4 Å². The molecule has 0 amide bonds. The fraction of sp³-hybridized carbons (Fsp3) is 0.417. The Hall–Kier alpha value is -1.69. The van der Waals surface area contributed by atoms with Gasteiger partial charge in [0.25, 0.3) is 0 Å². The Morgan fingerprint density at radius 2 is 2.44 bits per heavy atom. The Balaban J connectivity index is 2.27. The van der Waals surface area contributed by atoms with E-state index in [1.807, 2.05) is 11.0 Å². The fourth-order valence-electron chi connectivity index (χ4n) is 2.15. The first-order valence-electron chi connectivity index (χ1n) is 5.74. The first-order valence-corrected chi connectivity index (χ1v) is 6.14. The summed E-state index contributed by atoms with van der Waals surface area (Å²) in [6.45, 7) is 0.785. The SMILES string of the molecule is COC(=O)C1CCCN1c1cc(C(N)=S)ccn1. The molecule has 1 aliphatic heterocycles. The van der Waals surface area contributed by atoms with Crippen LogP contribution < -0.4 is 10.6 Å². The van der Waals surface area contributed by atoms with Gasteiger partial charge >= 0.3 is 5.97 Å². The van der Waals surface area contributed by atoms with Crippen molar-refractivity contribution in [2.24, 2.45) is 5.73 Å². The Kier molecular flexibility index (Phi) is 3.76. The van der Waals surface area contributed by atoms with Gasteiger partial charge in [0.1, 0.15) is 16.8 Å². The summed E-state index contributed by atoms with van der Waals surface area (Å²) in [5.41, 5.74) is 6.35. The number of hydrogen-bond donors (Lipinski definition) is 1. The van der Waals surface area contributed by atoms with Crippen LogP contribution in [-0.4, -0.2) is 35.6 Å². The van der Waals surface area contributed by atoms with Crippen molar-refractivity contribution in [3.8, 4) is 0 Å². The van der Waals surface area contributed by atoms with Gasteiger partial charge in [0.15, 0.2) is 0 Å². The highest BCUT2D eigenvalue weighted by atomic mass is 32.1. The van der Waals surface area contributed by atoms with Crippen LogP contribution in [0, 0.1) is 0 Å². The molecule has 96 valence electrons. The molecule has 0 spiro atoms. The van der Waals surface area contributed by atoms with Gasteiger partial charge in [0, 0.05) is 18.3 Å². The average molecular weight is 265 g/mol. The van der Waals surface area contributed by atoms with Gasteiger partial charge in [0.2, 0.25) is 0 Å². The first kappa shape index (κ1) is 12.8. The lowest BCUT2D eigenvalue weighted by Crippen LogP contribution is -2.37. The quantitative estimate of drug-likeness (QED) is 0.645. The van der Waals surface area contributed by atoms with Crippen LogP contribution >= 0.6 is 12.2 Å². The molecule has 5 nitrogen and oxygen atoms in total. The molecule has 2 N–H and O–H groups in total. The van der Waals surface area contributed by atoms with E-state index in [0.717, 1.165) is 24.9 Å². The van der Waals surface area contributed by atoms with Crippen LogP contribution in [0.3, 0.4) is 0 Å². The number of nitrogens with two attached hydrogens (primary N) is 1. The molecule has 1 unspecified atom stereocenters. The molecule has 1 aromatic rings. The third-order valence-electron chi connectivity index (χ3n) is 3.05. The summed E-state index contributed by atoms with van der Waals surface area (Å²) in [6, 6.07) is 3.31. The van der Waals surface area contributed by atoms with E-state index in [4.69, 9.17) is 22.7 Å². The number of pyridine rings is 1. The second kappa shape index (κ2) is 5.30. The molecule has 1 fully saturated rings. The number of carbonyl (C=O) groups is 1. The molecular weight excluding hydrogens is 250 g/mol. The van der Waals surface area contributed by atoms with Crippen molar-refractivity contribution in [3.63, 3.8) is 0 Å². The lowest BCUT2D eigenvalue weighted by Gasteiger charge is -2.23. The molecule has 1 aromatic heterocycles. The molecule has 0 aliphatic carbocycles. The van der Waals surface area contributed by atoms with Crippen LogP contribution in [0.4, 0.5) is 5.82 Å². The van der Waals surface area contributed by atoms with Gasteiger partial charge in [-0.1, -0.05) is 12.2 Å². The number of rotatable bonds is 3. The maximum atomic E-state index is 11.7. The third-order valence-corrected chi connectivity index (χ3v) is 3.29. The molecule has 0 radical (unpaired) electrons. The van der Waals surface area contributed by atoms with Gasteiger partial charge in [-0.25, -0.2) is 9.78 Å². The summed E-state index contributed by atoms with van der Waals surface area (Å²) < 4.78 is 4.80. The van der Waals surface area contributed by atoms with Crippen LogP contribution in [-0.2, 0) is 9.53 Å². The number of carbonyl (C=O) groups excluding carboxylic acids is 1. The molecule has 6 heteroatoms. The van der Waals surface area contributed by atoms with Gasteiger partial charge in [-0.05, 0) is 25.0 Å². The van der Waals surface area contributed by atoms with Crippen LogP contribution in [0.1, 0.15) is 18.4 Å². The number of nitrogens with zero attached hydrogens (tertiary/aromatic N) is 2. The van der Waals surface area contributed by atoms with E-state index in [1.54, 1.807) is 12.3 Å². The third kappa shape index (κ3) is 2.43. The van der Waals surface area contributed by atoms with Crippen molar-refractivity contribution in [2.45, 2.75) is 18.9 Å². The molecule has 1 atom stereocenters. The molecule has 0 saturated carbocycles. The highest BCUT2D eigenvalue weighted by Gasteiger charge is 2.32. The van der Waals surface area contributed by atoms with E-state index in [0.29, 0.717) is 10.8 Å². The summed E-state index contributed by atoms with van der Waals surface area (Å²) >= 11 is 4.94. The zero-order valence-electron chi connectivity index (χ0n) is 10.1. The van der Waals surface area contributed by atoms with Crippen LogP contribution in [0.25, 0.3) is 0 Å². The lowest BCUT2D eigenvalue weighted by molar-refractivity contribution is -0.141. The average Bonchev–Trinajstić information content (AvgIpc) is 2.87. The van der Waals surface area contributed by atoms with Crippen LogP contribution in [0.15, 0.2) is 18.3 Å². The van der Waals surface area contributed by atoms with E-state index in [-0.39, 0.29) is 12.0 Å². The molecule has 1 aliphatic rings. The fourth-order valence-corrected chi connectivity index (χ4v) is 2.28. The largest absolute Gasteiger partial charge is 0.467 e. The van der Waals surface area contributed by atoms with E-state index < -0.39 is 0 Å². The Morgan fingerprint density at radius 3 is 3.11 bits per heavy atom. The summed E-state index contributed by atoms with van der Waals surface area (Å²) in [6.07, 6.45) is 3.38. The van der Waals surface area contributed by atoms with Crippen molar-refractivity contribution in [1.82, 2.24) is 4.98 Å². The Morgan fingerprint density at radius 1 is 1.67 bits per heavy atom. The number of hydrogen-bond acceptors (Lipinski definition) is 5. The number of anilines is 1. The number of ether oxygens (including phenoxy) is 1. The van der Waals surface area contributed by atoms with Crippen LogP contribution in [0.5, 0.6) is 0 Å². The first-order chi connectivity index (χ1) is 8.63. The van der Waals surface area contributed by atoms with Crippen molar-refractivity contribution in [1.29, 1.82) is 0 Å². The van der Waals surface area contributed by atoms with E-state index in [9.17, 15) is 4.79 Å². The number of aromatic nitrogens is 1. The maximum absolute atomic E-state index is 11.7. The normalized spacial score (nSPS) is 18.7. The predicted octanol–water partition coefficient (Wildman–Crippen LogP) is 0.858. The zero-order chi connectivity index (χ0) is 13.1. The zero-order valence-corrected chi connectivity index (χ0v) is 10.9. The van der Waals surface area contributed by atoms with Crippen molar-refractivity contribution >= 4 is 29.0 Å². The van der Waals surface area contributed by atoms with Gasteiger partial charge in [-0.2, -0.15) is 0 Å². The molecule has 1 saturated heterocycles. The van der Waals surface area contributed by atoms with E-state index >= 15 is 0 Å². The molecule has 0 aromatic carbocycles. The number of methoxy groups -OCH3 is 1. The lowest BCUT2D eigenvalue weighted by atomic mass is 10.2. The smallest absolute Gasteiger partial charge is 0.328 e. The monoisotopic (exact) mass is 265 g/mol. The highest BCUT2D eigenvalue weighted by Crippen LogP contribution is 2.25. The number of esters is 1. The minimum Gasteiger partial charge on any atom is -0.467 e. The second-order valence-electron chi connectivity index (χ2n) is 4.14. The van der Waals surface area contributed by atoms with Gasteiger partial charge in [-0.15, -0.1) is 0 Å². The topological polar surface area (TPSA) is 68.5 Å². The molecular formula is C12H15N3O2S. The highest BCUT2D eigenvalue weighted by molar-refractivity contribution is 7.80. The molecule has 18 heavy (non-hydrogen) atoms. The second-order valence-corrected chi connectivity index (χ2v) is 4.58. The van der Waals surface area contributed by atoms with Crippen molar-refractivity contribution < 1.29 is 9.53 Å². The number of thiocarbonyl (C=S) groups is 1. The summed E-state index contributed by atoms with van der Waals surface area (Å²) in [5, 5.41) is 0. The standard InChI is InChI=1S/C12H15N3O2S/c1-17-12(16)9-3-2-6-15(9)10-7-8(11(13)18)4-5-14-10/h4-5,7,9H,2-3,6H2,1H3,(H2,13,18). The maximum Gasteiger partial charge on any atom is 0.328 e. The van der Waals surface area contributed by atoms with E-state index in [1.165, 1.54) is 7.11 Å². The van der Waals surface area contributed by atoms with Crippen molar-refractivity contribution in [2.75, 3.05) is 18.6 Å². The van der Waals surface area contributed by atoms with Gasteiger partial charge in [0.05, 0.1) is 7.11 Å². The molecule has 0 bridgehead atoms. The predicted molar refractivity (Wildman–Crippen MR) is 72.5 cm³/mol. The summed E-state index contributed by atoms with van der Waals surface area (Å²) in [5.74, 6) is 0.489. The Labute approximate surface area is 111 Å². The molecule has 2 rings (SSSR count). The Bertz CT molecular complexity index is 478. The van der Waals surface area contributed by atoms with E-state index in [2.05, 4.69) is 4.98 Å². The van der Waals surface area contributed by atoms with Crippen LogP contribution in [0.2, 0.25) is 0 Å². The minimum absolute atomic E-state index is 0.227. The summed E-state index contributed by atoms with van der Waals surface area (Å²) in [7, 11) is 1.40. The minimum atomic E-state index is -0.260. The molecule has 2 heterocycles. The van der Waals surface area contributed by atoms with Crippen molar-refractivity contribution in [3.05, 3.63) is 23.9 Å². The summed E-state index contributed by atoms with van der Waals surface area (Å²) in [4.78, 5) is 18.2.